The van der Waals surface area contributed by atoms with E-state index in [1.54, 1.807) is 0 Å². The quantitative estimate of drug-likeness (QED) is 0.914. The molecule has 1 N–H and O–H groups in total. The number of aromatic nitrogens is 2. The van der Waals surface area contributed by atoms with Crippen LogP contribution >= 0.6 is 0 Å². The van der Waals surface area contributed by atoms with Crippen molar-refractivity contribution in [2.45, 2.75) is 25.8 Å². The maximum Gasteiger partial charge on any atom is 0.247 e. The van der Waals surface area contributed by atoms with Crippen LogP contribution in [0.3, 0.4) is 0 Å². The van der Waals surface area contributed by atoms with Gasteiger partial charge in [0.05, 0.1) is 12.6 Å². The van der Waals surface area contributed by atoms with E-state index >= 15 is 0 Å². The second-order valence-electron chi connectivity index (χ2n) is 4.56. The Morgan fingerprint density at radius 3 is 3.16 bits per heavy atom. The van der Waals surface area contributed by atoms with Crippen molar-refractivity contribution in [1.82, 2.24) is 15.5 Å². The number of hydrogen-bond acceptors (Lipinski definition) is 5. The van der Waals surface area contributed by atoms with E-state index in [0.717, 1.165) is 30.7 Å². The van der Waals surface area contributed by atoms with Crippen LogP contribution < -0.4 is 10.1 Å². The van der Waals surface area contributed by atoms with Gasteiger partial charge in [0.2, 0.25) is 11.8 Å². The zero-order valence-corrected chi connectivity index (χ0v) is 10.9. The predicted molar refractivity (Wildman–Crippen MR) is 70.9 cm³/mol. The molecule has 1 aromatic carbocycles. The molecule has 5 heteroatoms. The molecule has 0 radical (unpaired) electrons. The summed E-state index contributed by atoms with van der Waals surface area (Å²) < 4.78 is 11.2. The summed E-state index contributed by atoms with van der Waals surface area (Å²) in [6, 6.07) is 7.92. The van der Waals surface area contributed by atoms with Crippen molar-refractivity contribution in [2.24, 2.45) is 0 Å². The van der Waals surface area contributed by atoms with Crippen molar-refractivity contribution in [3.05, 3.63) is 30.2 Å². The van der Waals surface area contributed by atoms with Crippen molar-refractivity contribution in [2.75, 3.05) is 13.2 Å². The molecule has 1 aromatic heterocycles. The van der Waals surface area contributed by atoms with Crippen LogP contribution in [-0.4, -0.2) is 23.3 Å². The van der Waals surface area contributed by atoms with Crippen molar-refractivity contribution in [3.63, 3.8) is 0 Å². The van der Waals surface area contributed by atoms with Crippen LogP contribution in [0, 0.1) is 0 Å². The summed E-state index contributed by atoms with van der Waals surface area (Å²) in [4.78, 5) is 0. The van der Waals surface area contributed by atoms with Gasteiger partial charge in [0.1, 0.15) is 5.75 Å². The van der Waals surface area contributed by atoms with Crippen LogP contribution in [0.1, 0.15) is 31.7 Å². The Balaban J connectivity index is 1.83. The van der Waals surface area contributed by atoms with E-state index in [1.807, 2.05) is 31.2 Å². The van der Waals surface area contributed by atoms with Crippen molar-refractivity contribution in [3.8, 4) is 17.2 Å². The summed E-state index contributed by atoms with van der Waals surface area (Å²) >= 11 is 0. The lowest BCUT2D eigenvalue weighted by Crippen LogP contribution is -2.12. The molecular formula is C14H17N3O2. The Morgan fingerprint density at radius 2 is 2.37 bits per heavy atom. The average molecular weight is 259 g/mol. The van der Waals surface area contributed by atoms with Crippen molar-refractivity contribution in [1.29, 1.82) is 0 Å². The molecule has 0 amide bonds. The number of rotatable bonds is 4. The third-order valence-electron chi connectivity index (χ3n) is 3.19. The van der Waals surface area contributed by atoms with E-state index in [2.05, 4.69) is 15.5 Å². The first-order chi connectivity index (χ1) is 9.36. The van der Waals surface area contributed by atoms with Gasteiger partial charge in [-0.05, 0) is 44.5 Å². The predicted octanol–water partition coefficient (Wildman–Crippen LogP) is 2.56. The molecule has 1 saturated heterocycles. The van der Waals surface area contributed by atoms with Gasteiger partial charge >= 0.3 is 0 Å². The molecule has 2 heterocycles. The smallest absolute Gasteiger partial charge is 0.247 e. The standard InChI is InChI=1S/C14H17N3O2/c1-2-18-11-6-3-5-10(9-11)13-16-17-14(19-13)12-7-4-8-15-12/h3,5-6,9,12,15H,2,4,7-8H2,1H3. The summed E-state index contributed by atoms with van der Waals surface area (Å²) in [5, 5.41) is 11.6. The Labute approximate surface area is 112 Å². The van der Waals surface area contributed by atoms with E-state index < -0.39 is 0 Å². The van der Waals surface area contributed by atoms with Gasteiger partial charge in [0, 0.05) is 5.56 Å². The number of nitrogens with one attached hydrogen (secondary N) is 1. The first-order valence-electron chi connectivity index (χ1n) is 6.67. The molecule has 0 saturated carbocycles. The van der Waals surface area contributed by atoms with E-state index in [-0.39, 0.29) is 6.04 Å². The number of hydrogen-bond donors (Lipinski definition) is 1. The van der Waals surface area contributed by atoms with Gasteiger partial charge in [0.15, 0.2) is 0 Å². The highest BCUT2D eigenvalue weighted by Gasteiger charge is 2.22. The second kappa shape index (κ2) is 5.40. The lowest BCUT2D eigenvalue weighted by Gasteiger charge is -2.04. The molecule has 1 aliphatic rings. The fourth-order valence-corrected chi connectivity index (χ4v) is 2.27. The largest absolute Gasteiger partial charge is 0.494 e. The normalized spacial score (nSPS) is 18.7. The van der Waals surface area contributed by atoms with Crippen LogP contribution in [-0.2, 0) is 0 Å². The van der Waals surface area contributed by atoms with Crippen LogP contribution in [0.15, 0.2) is 28.7 Å². The van der Waals surface area contributed by atoms with Crippen LogP contribution in [0.25, 0.3) is 11.5 Å². The van der Waals surface area contributed by atoms with Crippen molar-refractivity contribution < 1.29 is 9.15 Å². The molecule has 0 aliphatic carbocycles. The SMILES string of the molecule is CCOc1cccc(-c2nnc(C3CCCN3)o2)c1. The summed E-state index contributed by atoms with van der Waals surface area (Å²) in [6.45, 7) is 3.62. The lowest BCUT2D eigenvalue weighted by atomic mass is 10.2. The van der Waals surface area contributed by atoms with E-state index in [9.17, 15) is 0 Å². The van der Waals surface area contributed by atoms with Gasteiger partial charge in [-0.2, -0.15) is 0 Å². The van der Waals surface area contributed by atoms with Crippen LogP contribution in [0.4, 0.5) is 0 Å². The van der Waals surface area contributed by atoms with Gasteiger partial charge in [0.25, 0.3) is 0 Å². The van der Waals surface area contributed by atoms with Crippen molar-refractivity contribution >= 4 is 0 Å². The molecular weight excluding hydrogens is 242 g/mol. The molecule has 1 atom stereocenters. The number of ether oxygens (including phenoxy) is 1. The number of benzene rings is 1. The Hall–Kier alpha value is -1.88. The zero-order valence-electron chi connectivity index (χ0n) is 10.9. The molecule has 0 spiro atoms. The maximum absolute atomic E-state index is 5.75. The average Bonchev–Trinajstić information content (AvgIpc) is 3.11. The third-order valence-corrected chi connectivity index (χ3v) is 3.19. The molecule has 1 unspecified atom stereocenters. The topological polar surface area (TPSA) is 60.2 Å². The van der Waals surface area contributed by atoms with Crippen LogP contribution in [0.5, 0.6) is 5.75 Å². The van der Waals surface area contributed by atoms with Gasteiger partial charge in [-0.3, -0.25) is 0 Å². The Morgan fingerprint density at radius 1 is 1.42 bits per heavy atom. The monoisotopic (exact) mass is 259 g/mol. The minimum absolute atomic E-state index is 0.205. The summed E-state index contributed by atoms with van der Waals surface area (Å²) in [6.07, 6.45) is 2.21. The first-order valence-corrected chi connectivity index (χ1v) is 6.67. The molecule has 5 nitrogen and oxygen atoms in total. The summed E-state index contributed by atoms with van der Waals surface area (Å²) in [7, 11) is 0. The van der Waals surface area contributed by atoms with Crippen LogP contribution in [0.2, 0.25) is 0 Å². The molecule has 1 fully saturated rings. The molecule has 2 aromatic rings. The molecule has 0 bridgehead atoms. The van der Waals surface area contributed by atoms with Gasteiger partial charge in [-0.25, -0.2) is 0 Å². The van der Waals surface area contributed by atoms with E-state index in [4.69, 9.17) is 9.15 Å². The number of nitrogens with zero attached hydrogens (tertiary/aromatic N) is 2. The Kier molecular flexibility index (Phi) is 3.46. The highest BCUT2D eigenvalue weighted by molar-refractivity contribution is 5.55. The fourth-order valence-electron chi connectivity index (χ4n) is 2.27. The highest BCUT2D eigenvalue weighted by atomic mass is 16.5. The third kappa shape index (κ3) is 2.61. The molecule has 1 aliphatic heterocycles. The fraction of sp³-hybridized carbons (Fsp3) is 0.429. The molecule has 100 valence electrons. The minimum Gasteiger partial charge on any atom is -0.494 e. The second-order valence-corrected chi connectivity index (χ2v) is 4.56. The van der Waals surface area contributed by atoms with Gasteiger partial charge < -0.3 is 14.5 Å². The Bertz CT molecular complexity index is 547. The summed E-state index contributed by atoms with van der Waals surface area (Å²) in [5.74, 6) is 2.04. The van der Waals surface area contributed by atoms with E-state index in [1.165, 1.54) is 0 Å². The van der Waals surface area contributed by atoms with Gasteiger partial charge in [-0.15, -0.1) is 10.2 Å². The lowest BCUT2D eigenvalue weighted by molar-refractivity contribution is 0.340. The zero-order chi connectivity index (χ0) is 13.1. The van der Waals surface area contributed by atoms with E-state index in [0.29, 0.717) is 18.4 Å². The molecule has 3 rings (SSSR count). The maximum atomic E-state index is 5.75. The molecule has 19 heavy (non-hydrogen) atoms. The highest BCUT2D eigenvalue weighted by Crippen LogP contribution is 2.27. The minimum atomic E-state index is 0.205. The summed E-state index contributed by atoms with van der Waals surface area (Å²) in [5.41, 5.74) is 0.891. The first kappa shape index (κ1) is 12.2. The van der Waals surface area contributed by atoms with Gasteiger partial charge in [-0.1, -0.05) is 6.07 Å².